The van der Waals surface area contributed by atoms with Crippen LogP contribution in [0.3, 0.4) is 0 Å². The summed E-state index contributed by atoms with van der Waals surface area (Å²) in [6, 6.07) is 7.89. The molecule has 5 nitrogen and oxygen atoms in total. The predicted molar refractivity (Wildman–Crippen MR) is 107 cm³/mol. The van der Waals surface area contributed by atoms with Gasteiger partial charge in [0, 0.05) is 17.6 Å². The number of anilines is 1. The van der Waals surface area contributed by atoms with Crippen molar-refractivity contribution in [3.8, 4) is 0 Å². The summed E-state index contributed by atoms with van der Waals surface area (Å²) in [6.45, 7) is 9.36. The standard InChI is InChI=1S/C20H32N2O3S/c1-14(2)15-6-10-17(11-7-15)21-19(23)16-8-12-18(13-9-16)22-26(24,25)20(3,4)5/h6-7,10-11,14,16,18,22H,8-9,12-13H2,1-5H3,(H,21,23)/t16-,18-. The Kier molecular flexibility index (Phi) is 6.51. The fourth-order valence-corrected chi connectivity index (χ4v) is 4.09. The van der Waals surface area contributed by atoms with E-state index in [1.165, 1.54) is 5.56 Å². The van der Waals surface area contributed by atoms with Crippen LogP contribution < -0.4 is 10.0 Å². The largest absolute Gasteiger partial charge is 0.326 e. The molecule has 0 atom stereocenters. The van der Waals surface area contributed by atoms with E-state index in [1.807, 2.05) is 24.3 Å². The minimum absolute atomic E-state index is 0.0272. The van der Waals surface area contributed by atoms with Crippen LogP contribution in [-0.2, 0) is 14.8 Å². The molecule has 6 heteroatoms. The molecule has 2 rings (SSSR count). The molecule has 26 heavy (non-hydrogen) atoms. The highest BCUT2D eigenvalue weighted by atomic mass is 32.2. The molecule has 1 aromatic rings. The van der Waals surface area contributed by atoms with Gasteiger partial charge in [0.25, 0.3) is 0 Å². The van der Waals surface area contributed by atoms with Crippen LogP contribution in [-0.4, -0.2) is 25.1 Å². The molecule has 0 spiro atoms. The summed E-state index contributed by atoms with van der Waals surface area (Å²) in [4.78, 5) is 12.5. The van der Waals surface area contributed by atoms with E-state index in [0.29, 0.717) is 31.6 Å². The van der Waals surface area contributed by atoms with Crippen LogP contribution in [0.4, 0.5) is 5.69 Å². The molecule has 0 unspecified atom stereocenters. The molecule has 0 saturated heterocycles. The number of hydrogen-bond donors (Lipinski definition) is 2. The van der Waals surface area contributed by atoms with Crippen molar-refractivity contribution in [2.75, 3.05) is 5.32 Å². The Balaban J connectivity index is 1.86. The first kappa shape index (κ1) is 20.9. The number of carbonyl (C=O) groups is 1. The number of rotatable bonds is 5. The maximum atomic E-state index is 12.5. The predicted octanol–water partition coefficient (Wildman–Crippen LogP) is 4.03. The zero-order chi connectivity index (χ0) is 19.5. The van der Waals surface area contributed by atoms with Gasteiger partial charge in [0.05, 0.1) is 4.75 Å². The molecule has 0 aromatic heterocycles. The van der Waals surface area contributed by atoms with Crippen LogP contribution in [0.5, 0.6) is 0 Å². The minimum Gasteiger partial charge on any atom is -0.326 e. The Labute approximate surface area is 158 Å². The highest BCUT2D eigenvalue weighted by Crippen LogP contribution is 2.27. The second-order valence-electron chi connectivity index (χ2n) is 8.55. The maximum absolute atomic E-state index is 12.5. The van der Waals surface area contributed by atoms with Gasteiger partial charge in [-0.25, -0.2) is 13.1 Å². The number of sulfonamides is 1. The van der Waals surface area contributed by atoms with Crippen LogP contribution in [0.2, 0.25) is 0 Å². The van der Waals surface area contributed by atoms with Crippen LogP contribution in [0, 0.1) is 5.92 Å². The van der Waals surface area contributed by atoms with Crippen molar-refractivity contribution < 1.29 is 13.2 Å². The first-order chi connectivity index (χ1) is 12.0. The molecule has 1 aliphatic rings. The summed E-state index contributed by atoms with van der Waals surface area (Å²) in [5.74, 6) is 0.432. The second-order valence-corrected chi connectivity index (χ2v) is 11.0. The van der Waals surface area contributed by atoms with E-state index in [0.717, 1.165) is 5.69 Å². The third kappa shape index (κ3) is 5.30. The Morgan fingerprint density at radius 3 is 2.04 bits per heavy atom. The Morgan fingerprint density at radius 2 is 1.58 bits per heavy atom. The van der Waals surface area contributed by atoms with Gasteiger partial charge in [0.15, 0.2) is 0 Å². The van der Waals surface area contributed by atoms with Crippen molar-refractivity contribution in [3.63, 3.8) is 0 Å². The molecule has 1 amide bonds. The molecule has 1 aromatic carbocycles. The molecular formula is C20H32N2O3S. The van der Waals surface area contributed by atoms with Crippen molar-refractivity contribution >= 4 is 21.6 Å². The summed E-state index contributed by atoms with van der Waals surface area (Å²) < 4.78 is 26.5. The van der Waals surface area contributed by atoms with Gasteiger partial charge in [-0.1, -0.05) is 26.0 Å². The van der Waals surface area contributed by atoms with Gasteiger partial charge in [0.2, 0.25) is 15.9 Å². The van der Waals surface area contributed by atoms with Gasteiger partial charge in [-0.15, -0.1) is 0 Å². The fraction of sp³-hybridized carbons (Fsp3) is 0.650. The molecular weight excluding hydrogens is 348 g/mol. The lowest BCUT2D eigenvalue weighted by molar-refractivity contribution is -0.120. The summed E-state index contributed by atoms with van der Waals surface area (Å²) in [7, 11) is -3.35. The number of hydrogen-bond acceptors (Lipinski definition) is 3. The van der Waals surface area contributed by atoms with Gasteiger partial charge < -0.3 is 5.32 Å². The van der Waals surface area contributed by atoms with Crippen LogP contribution >= 0.6 is 0 Å². The molecule has 146 valence electrons. The lowest BCUT2D eigenvalue weighted by Crippen LogP contribution is -2.46. The summed E-state index contributed by atoms with van der Waals surface area (Å²) in [6.07, 6.45) is 2.79. The van der Waals surface area contributed by atoms with Crippen LogP contribution in [0.15, 0.2) is 24.3 Å². The third-order valence-corrected chi connectivity index (χ3v) is 7.33. The quantitative estimate of drug-likeness (QED) is 0.810. The molecule has 2 N–H and O–H groups in total. The lowest BCUT2D eigenvalue weighted by Gasteiger charge is -2.30. The van der Waals surface area contributed by atoms with Gasteiger partial charge in [-0.05, 0) is 70.1 Å². The second kappa shape index (κ2) is 8.09. The summed E-state index contributed by atoms with van der Waals surface area (Å²) >= 11 is 0. The van der Waals surface area contributed by atoms with Gasteiger partial charge in [-0.3, -0.25) is 4.79 Å². The minimum atomic E-state index is -3.35. The molecule has 1 aliphatic carbocycles. The molecule has 0 bridgehead atoms. The maximum Gasteiger partial charge on any atom is 0.227 e. The zero-order valence-electron chi connectivity index (χ0n) is 16.5. The van der Waals surface area contributed by atoms with E-state index in [2.05, 4.69) is 23.9 Å². The SMILES string of the molecule is CC(C)c1ccc(NC(=O)[C@H]2CC[C@H](NS(=O)(=O)C(C)(C)C)CC2)cc1. The Morgan fingerprint density at radius 1 is 1.04 bits per heavy atom. The van der Waals surface area contributed by atoms with E-state index >= 15 is 0 Å². The van der Waals surface area contributed by atoms with Gasteiger partial charge in [0.1, 0.15) is 0 Å². The van der Waals surface area contributed by atoms with E-state index in [9.17, 15) is 13.2 Å². The topological polar surface area (TPSA) is 75.3 Å². The average molecular weight is 381 g/mol. The highest BCUT2D eigenvalue weighted by Gasteiger charge is 2.34. The van der Waals surface area contributed by atoms with Crippen molar-refractivity contribution in [2.45, 2.75) is 77.0 Å². The number of carbonyl (C=O) groups excluding carboxylic acids is 1. The van der Waals surface area contributed by atoms with Crippen molar-refractivity contribution in [1.82, 2.24) is 4.72 Å². The van der Waals surface area contributed by atoms with Crippen LogP contribution in [0.1, 0.15) is 71.8 Å². The molecule has 0 aliphatic heterocycles. The van der Waals surface area contributed by atoms with Crippen molar-refractivity contribution in [3.05, 3.63) is 29.8 Å². The smallest absolute Gasteiger partial charge is 0.227 e. The van der Waals surface area contributed by atoms with Gasteiger partial charge in [-0.2, -0.15) is 0 Å². The molecule has 0 heterocycles. The summed E-state index contributed by atoms with van der Waals surface area (Å²) in [5, 5.41) is 2.99. The first-order valence-corrected chi connectivity index (χ1v) is 10.9. The Bertz CT molecular complexity index is 710. The first-order valence-electron chi connectivity index (χ1n) is 9.42. The molecule has 0 radical (unpaired) electrons. The highest BCUT2D eigenvalue weighted by molar-refractivity contribution is 7.90. The van der Waals surface area contributed by atoms with E-state index in [4.69, 9.17) is 0 Å². The third-order valence-electron chi connectivity index (χ3n) is 5.07. The van der Waals surface area contributed by atoms with E-state index in [-0.39, 0.29) is 17.9 Å². The number of amides is 1. The number of nitrogens with one attached hydrogen (secondary N) is 2. The van der Waals surface area contributed by atoms with E-state index in [1.54, 1.807) is 20.8 Å². The zero-order valence-corrected chi connectivity index (χ0v) is 17.3. The van der Waals surface area contributed by atoms with Crippen molar-refractivity contribution in [1.29, 1.82) is 0 Å². The Hall–Kier alpha value is -1.40. The summed E-state index contributed by atoms with van der Waals surface area (Å²) in [5.41, 5.74) is 2.06. The fourth-order valence-electron chi connectivity index (χ4n) is 3.07. The van der Waals surface area contributed by atoms with E-state index < -0.39 is 14.8 Å². The van der Waals surface area contributed by atoms with Crippen molar-refractivity contribution in [2.24, 2.45) is 5.92 Å². The molecule has 1 saturated carbocycles. The number of benzene rings is 1. The lowest BCUT2D eigenvalue weighted by atomic mass is 9.86. The van der Waals surface area contributed by atoms with Crippen LogP contribution in [0.25, 0.3) is 0 Å². The molecule has 1 fully saturated rings. The normalized spacial score (nSPS) is 21.6. The van der Waals surface area contributed by atoms with Gasteiger partial charge >= 0.3 is 0 Å². The average Bonchev–Trinajstić information content (AvgIpc) is 2.54. The monoisotopic (exact) mass is 380 g/mol.